The Morgan fingerprint density at radius 2 is 2.42 bits per heavy atom. The largest absolute Gasteiger partial charge is 0.365 e. The molecule has 0 fully saturated rings. The van der Waals surface area contributed by atoms with Gasteiger partial charge in [-0.25, -0.2) is 0 Å². The zero-order valence-corrected chi connectivity index (χ0v) is 8.47. The molecule has 0 bridgehead atoms. The normalized spacial score (nSPS) is 12.9. The second kappa shape index (κ2) is 4.48. The topological polar surface area (TPSA) is 29.3 Å². The molecule has 0 aliphatic rings. The van der Waals surface area contributed by atoms with E-state index in [-0.39, 0.29) is 6.04 Å². The molecule has 2 N–H and O–H groups in total. The highest BCUT2D eigenvalue weighted by molar-refractivity contribution is 7.14. The fourth-order valence-electron chi connectivity index (χ4n) is 1.06. The predicted octanol–water partition coefficient (Wildman–Crippen LogP) is 1.92. The maximum absolute atomic E-state index is 5.84. The molecule has 0 aliphatic carbocycles. The fraction of sp³-hybridized carbons (Fsp3) is 0.556. The molecule has 12 heavy (non-hydrogen) atoms. The monoisotopic (exact) mass is 184 g/mol. The van der Waals surface area contributed by atoms with Crippen LogP contribution in [0, 0.1) is 0 Å². The SMILES string of the molecule is CCC(N)CN(C)c1cccs1. The lowest BCUT2D eigenvalue weighted by Crippen LogP contribution is -2.34. The Morgan fingerprint density at radius 3 is 2.92 bits per heavy atom. The van der Waals surface area contributed by atoms with Crippen LogP contribution in [-0.4, -0.2) is 19.6 Å². The summed E-state index contributed by atoms with van der Waals surface area (Å²) >= 11 is 1.75. The van der Waals surface area contributed by atoms with Gasteiger partial charge in [0.05, 0.1) is 5.00 Å². The maximum atomic E-state index is 5.84. The molecule has 0 aromatic carbocycles. The minimum Gasteiger partial charge on any atom is -0.365 e. The van der Waals surface area contributed by atoms with Gasteiger partial charge in [-0.3, -0.25) is 0 Å². The molecule has 0 aliphatic heterocycles. The average molecular weight is 184 g/mol. The van der Waals surface area contributed by atoms with Crippen LogP contribution in [-0.2, 0) is 0 Å². The third-order valence-corrected chi connectivity index (χ3v) is 2.90. The first-order chi connectivity index (χ1) is 5.74. The van der Waals surface area contributed by atoms with E-state index in [4.69, 9.17) is 5.73 Å². The lowest BCUT2D eigenvalue weighted by molar-refractivity contribution is 0.641. The quantitative estimate of drug-likeness (QED) is 0.774. The lowest BCUT2D eigenvalue weighted by atomic mass is 10.2. The third-order valence-electron chi connectivity index (χ3n) is 1.92. The van der Waals surface area contributed by atoms with E-state index in [0.29, 0.717) is 0 Å². The molecule has 1 atom stereocenters. The first-order valence-corrected chi connectivity index (χ1v) is 5.12. The molecule has 1 rings (SSSR count). The summed E-state index contributed by atoms with van der Waals surface area (Å²) in [5.74, 6) is 0. The Morgan fingerprint density at radius 1 is 1.67 bits per heavy atom. The van der Waals surface area contributed by atoms with Gasteiger partial charge in [-0.1, -0.05) is 6.92 Å². The summed E-state index contributed by atoms with van der Waals surface area (Å²) in [5.41, 5.74) is 5.84. The molecule has 1 aromatic heterocycles. The van der Waals surface area contributed by atoms with Crippen LogP contribution in [0.2, 0.25) is 0 Å². The van der Waals surface area contributed by atoms with Crippen LogP contribution >= 0.6 is 11.3 Å². The molecular formula is C9H16N2S. The van der Waals surface area contributed by atoms with Crippen molar-refractivity contribution >= 4 is 16.3 Å². The van der Waals surface area contributed by atoms with Crippen molar-refractivity contribution in [1.29, 1.82) is 0 Å². The second-order valence-corrected chi connectivity index (χ2v) is 3.93. The van der Waals surface area contributed by atoms with Crippen LogP contribution in [0.4, 0.5) is 5.00 Å². The van der Waals surface area contributed by atoms with Crippen molar-refractivity contribution in [1.82, 2.24) is 0 Å². The minimum atomic E-state index is 0.289. The second-order valence-electron chi connectivity index (χ2n) is 3.00. The Hall–Kier alpha value is -0.540. The molecule has 68 valence electrons. The van der Waals surface area contributed by atoms with Crippen LogP contribution in [0.25, 0.3) is 0 Å². The van der Waals surface area contributed by atoms with Crippen molar-refractivity contribution in [2.45, 2.75) is 19.4 Å². The van der Waals surface area contributed by atoms with E-state index in [9.17, 15) is 0 Å². The Kier molecular flexibility index (Phi) is 3.56. The number of nitrogens with two attached hydrogens (primary N) is 1. The van der Waals surface area contributed by atoms with Crippen molar-refractivity contribution < 1.29 is 0 Å². The highest BCUT2D eigenvalue weighted by atomic mass is 32.1. The highest BCUT2D eigenvalue weighted by Crippen LogP contribution is 2.19. The Labute approximate surface area is 78.0 Å². The van der Waals surface area contributed by atoms with Crippen LogP contribution in [0.3, 0.4) is 0 Å². The smallest absolute Gasteiger partial charge is 0.0906 e. The maximum Gasteiger partial charge on any atom is 0.0906 e. The predicted molar refractivity (Wildman–Crippen MR) is 55.9 cm³/mol. The van der Waals surface area contributed by atoms with Crippen molar-refractivity contribution in [2.24, 2.45) is 5.73 Å². The van der Waals surface area contributed by atoms with E-state index in [0.717, 1.165) is 13.0 Å². The summed E-state index contributed by atoms with van der Waals surface area (Å²) in [4.78, 5) is 2.21. The van der Waals surface area contributed by atoms with Crippen molar-refractivity contribution in [3.05, 3.63) is 17.5 Å². The van der Waals surface area contributed by atoms with E-state index >= 15 is 0 Å². The van der Waals surface area contributed by atoms with Gasteiger partial charge < -0.3 is 10.6 Å². The van der Waals surface area contributed by atoms with Gasteiger partial charge in [0.1, 0.15) is 0 Å². The number of rotatable bonds is 4. The summed E-state index contributed by atoms with van der Waals surface area (Å²) < 4.78 is 0. The van der Waals surface area contributed by atoms with Gasteiger partial charge in [-0.2, -0.15) is 0 Å². The highest BCUT2D eigenvalue weighted by Gasteiger charge is 2.05. The van der Waals surface area contributed by atoms with E-state index in [1.54, 1.807) is 11.3 Å². The molecule has 0 saturated heterocycles. The summed E-state index contributed by atoms with van der Waals surface area (Å²) in [7, 11) is 2.08. The number of anilines is 1. The zero-order valence-electron chi connectivity index (χ0n) is 7.66. The van der Waals surface area contributed by atoms with Gasteiger partial charge in [0, 0.05) is 19.6 Å². The zero-order chi connectivity index (χ0) is 8.97. The number of hydrogen-bond donors (Lipinski definition) is 1. The van der Waals surface area contributed by atoms with E-state index in [2.05, 4.69) is 36.4 Å². The van der Waals surface area contributed by atoms with Gasteiger partial charge in [-0.15, -0.1) is 11.3 Å². The number of hydrogen-bond acceptors (Lipinski definition) is 3. The van der Waals surface area contributed by atoms with E-state index < -0.39 is 0 Å². The third kappa shape index (κ3) is 2.50. The molecule has 1 unspecified atom stereocenters. The molecule has 1 aromatic rings. The molecule has 0 radical (unpaired) electrons. The molecule has 0 amide bonds. The van der Waals surface area contributed by atoms with Gasteiger partial charge in [-0.05, 0) is 23.9 Å². The lowest BCUT2D eigenvalue weighted by Gasteiger charge is -2.20. The molecule has 0 spiro atoms. The van der Waals surface area contributed by atoms with Crippen molar-refractivity contribution in [3.63, 3.8) is 0 Å². The molecule has 0 saturated carbocycles. The van der Waals surface area contributed by atoms with Crippen LogP contribution in [0.5, 0.6) is 0 Å². The first-order valence-electron chi connectivity index (χ1n) is 4.24. The van der Waals surface area contributed by atoms with Gasteiger partial charge >= 0.3 is 0 Å². The van der Waals surface area contributed by atoms with E-state index in [1.165, 1.54) is 5.00 Å². The Balaban J connectivity index is 2.44. The average Bonchev–Trinajstić information content (AvgIpc) is 2.56. The Bertz CT molecular complexity index is 208. The van der Waals surface area contributed by atoms with E-state index in [1.807, 2.05) is 0 Å². The summed E-state index contributed by atoms with van der Waals surface area (Å²) in [5, 5.41) is 3.38. The van der Waals surface area contributed by atoms with Crippen molar-refractivity contribution in [2.75, 3.05) is 18.5 Å². The molecular weight excluding hydrogens is 168 g/mol. The summed E-state index contributed by atoms with van der Waals surface area (Å²) in [6.07, 6.45) is 1.04. The molecule has 3 heteroatoms. The number of likely N-dealkylation sites (N-methyl/N-ethyl adjacent to an activating group) is 1. The summed E-state index contributed by atoms with van der Waals surface area (Å²) in [6.45, 7) is 3.06. The summed E-state index contributed by atoms with van der Waals surface area (Å²) in [6, 6.07) is 4.47. The van der Waals surface area contributed by atoms with Gasteiger partial charge in [0.25, 0.3) is 0 Å². The van der Waals surface area contributed by atoms with Crippen LogP contribution in [0.15, 0.2) is 17.5 Å². The number of thiophene rings is 1. The van der Waals surface area contributed by atoms with Crippen molar-refractivity contribution in [3.8, 4) is 0 Å². The van der Waals surface area contributed by atoms with Crippen LogP contribution < -0.4 is 10.6 Å². The van der Waals surface area contributed by atoms with Gasteiger partial charge in [0.2, 0.25) is 0 Å². The molecule has 1 heterocycles. The first kappa shape index (κ1) is 9.55. The van der Waals surface area contributed by atoms with Crippen LogP contribution in [0.1, 0.15) is 13.3 Å². The minimum absolute atomic E-state index is 0.289. The fourth-order valence-corrected chi connectivity index (χ4v) is 1.77. The number of nitrogens with zero attached hydrogens (tertiary/aromatic N) is 1. The van der Waals surface area contributed by atoms with Gasteiger partial charge in [0.15, 0.2) is 0 Å². The molecule has 2 nitrogen and oxygen atoms in total. The standard InChI is InChI=1S/C9H16N2S/c1-3-8(10)7-11(2)9-5-4-6-12-9/h4-6,8H,3,7,10H2,1-2H3.